The van der Waals surface area contributed by atoms with Crippen LogP contribution in [0.15, 0.2) is 36.4 Å². The number of anilines is 1. The molecule has 2 rings (SSSR count). The number of hydrogen-bond acceptors (Lipinski definition) is 5. The van der Waals surface area contributed by atoms with E-state index in [1.165, 1.54) is 6.07 Å². The van der Waals surface area contributed by atoms with Gasteiger partial charge in [-0.15, -0.1) is 0 Å². The molecule has 0 aliphatic carbocycles. The monoisotopic (exact) mass is 257 g/mol. The Morgan fingerprint density at radius 3 is 2.26 bits per heavy atom. The first-order valence-electron chi connectivity index (χ1n) is 5.76. The van der Waals surface area contributed by atoms with E-state index in [1.807, 2.05) is 18.2 Å². The molecule has 0 aromatic heterocycles. The molecule has 0 spiro atoms. The Morgan fingerprint density at radius 1 is 1.05 bits per heavy atom. The Bertz CT molecular complexity index is 636. The number of benzene rings is 2. The van der Waals surface area contributed by atoms with Crippen molar-refractivity contribution in [3.05, 3.63) is 42.0 Å². The fraction of sp³-hybridized carbons (Fsp3) is 0.143. The fourth-order valence-electron chi connectivity index (χ4n) is 1.85. The summed E-state index contributed by atoms with van der Waals surface area (Å²) in [5.41, 5.74) is 0.358. The number of nitrogens with one attached hydrogen (secondary N) is 1. The van der Waals surface area contributed by atoms with E-state index < -0.39 is 11.9 Å². The summed E-state index contributed by atoms with van der Waals surface area (Å²) in [5, 5.41) is 25.8. The van der Waals surface area contributed by atoms with Gasteiger partial charge in [0.25, 0.3) is 0 Å². The second-order valence-electron chi connectivity index (χ2n) is 4.08. The van der Waals surface area contributed by atoms with Crippen LogP contribution in [-0.4, -0.2) is 18.5 Å². The maximum atomic E-state index is 11.1. The number of carboxylic acids is 2. The Hall–Kier alpha value is -2.56. The number of rotatable bonds is 5. The highest BCUT2D eigenvalue weighted by Crippen LogP contribution is 2.23. The number of fused-ring (bicyclic) bond motifs is 1. The van der Waals surface area contributed by atoms with Crippen molar-refractivity contribution in [3.8, 4) is 0 Å². The van der Waals surface area contributed by atoms with E-state index in [2.05, 4.69) is 5.32 Å². The minimum atomic E-state index is -1.30. The number of hydrogen-bond donors (Lipinski definition) is 1. The molecule has 0 radical (unpaired) electrons. The second kappa shape index (κ2) is 5.39. The molecule has 0 aliphatic rings. The van der Waals surface area contributed by atoms with Crippen molar-refractivity contribution in [2.45, 2.75) is 6.42 Å². The summed E-state index contributed by atoms with van der Waals surface area (Å²) >= 11 is 0. The Kier molecular flexibility index (Phi) is 3.66. The largest absolute Gasteiger partial charge is 0.550 e. The normalized spacial score (nSPS) is 10.3. The van der Waals surface area contributed by atoms with Crippen LogP contribution >= 0.6 is 0 Å². The first-order chi connectivity index (χ1) is 9.08. The zero-order chi connectivity index (χ0) is 13.8. The molecule has 19 heavy (non-hydrogen) atoms. The van der Waals surface area contributed by atoms with Gasteiger partial charge in [-0.3, -0.25) is 0 Å². The van der Waals surface area contributed by atoms with E-state index in [0.717, 1.165) is 10.8 Å². The molecule has 0 saturated heterocycles. The maximum absolute atomic E-state index is 11.1. The Balaban J connectivity index is 2.36. The van der Waals surface area contributed by atoms with E-state index >= 15 is 0 Å². The van der Waals surface area contributed by atoms with Crippen molar-refractivity contribution in [2.75, 3.05) is 11.9 Å². The highest BCUT2D eigenvalue weighted by atomic mass is 16.4. The maximum Gasteiger partial charge on any atom is 0.0736 e. The van der Waals surface area contributed by atoms with Gasteiger partial charge in [-0.2, -0.15) is 0 Å². The summed E-state index contributed by atoms with van der Waals surface area (Å²) in [6.45, 7) is 0.0982. The summed E-state index contributed by atoms with van der Waals surface area (Å²) in [7, 11) is 0. The SMILES string of the molecule is O=C([O-])CCNc1cc2ccccc2cc1C(=O)[O-]. The minimum absolute atomic E-state index is 0.0112. The predicted molar refractivity (Wildman–Crippen MR) is 66.4 cm³/mol. The van der Waals surface area contributed by atoms with Gasteiger partial charge >= 0.3 is 0 Å². The third-order valence-electron chi connectivity index (χ3n) is 2.75. The van der Waals surface area contributed by atoms with Crippen LogP contribution in [0.1, 0.15) is 16.8 Å². The summed E-state index contributed by atoms with van der Waals surface area (Å²) in [4.78, 5) is 21.4. The lowest BCUT2D eigenvalue weighted by Crippen LogP contribution is -2.26. The fourth-order valence-corrected chi connectivity index (χ4v) is 1.85. The van der Waals surface area contributed by atoms with Gasteiger partial charge in [0.15, 0.2) is 0 Å². The molecule has 1 N–H and O–H groups in total. The zero-order valence-electron chi connectivity index (χ0n) is 10.0. The summed E-state index contributed by atoms with van der Waals surface area (Å²) in [5.74, 6) is -2.50. The van der Waals surface area contributed by atoms with Crippen molar-refractivity contribution in [3.63, 3.8) is 0 Å². The number of carbonyl (C=O) groups excluding carboxylic acids is 2. The molecule has 5 nitrogen and oxygen atoms in total. The van der Waals surface area contributed by atoms with Crippen LogP contribution in [0.3, 0.4) is 0 Å². The highest BCUT2D eigenvalue weighted by Gasteiger charge is 2.05. The number of carbonyl (C=O) groups is 2. The van der Waals surface area contributed by atoms with E-state index in [0.29, 0.717) is 5.69 Å². The second-order valence-corrected chi connectivity index (χ2v) is 4.08. The lowest BCUT2D eigenvalue weighted by Gasteiger charge is -2.14. The molecule has 0 atom stereocenters. The molecule has 0 fully saturated rings. The van der Waals surface area contributed by atoms with Crippen molar-refractivity contribution < 1.29 is 19.8 Å². The Morgan fingerprint density at radius 2 is 1.68 bits per heavy atom. The van der Waals surface area contributed by atoms with Gasteiger partial charge < -0.3 is 25.1 Å². The van der Waals surface area contributed by atoms with Crippen LogP contribution in [0.25, 0.3) is 10.8 Å². The van der Waals surface area contributed by atoms with E-state index in [9.17, 15) is 19.8 Å². The molecule has 0 bridgehead atoms. The van der Waals surface area contributed by atoms with Crippen LogP contribution in [0.4, 0.5) is 5.69 Å². The molecule has 0 heterocycles. The topological polar surface area (TPSA) is 92.3 Å². The molecule has 0 amide bonds. The zero-order valence-corrected chi connectivity index (χ0v) is 10.0. The van der Waals surface area contributed by atoms with Gasteiger partial charge in [0.05, 0.1) is 5.97 Å². The summed E-state index contributed by atoms with van der Waals surface area (Å²) in [6, 6.07) is 10.5. The molecule has 98 valence electrons. The van der Waals surface area contributed by atoms with Gasteiger partial charge in [-0.05, 0) is 22.9 Å². The lowest BCUT2D eigenvalue weighted by molar-refractivity contribution is -0.305. The molecular formula is C14H11NO4-2. The average molecular weight is 257 g/mol. The van der Waals surface area contributed by atoms with Crippen LogP contribution in [0, 0.1) is 0 Å². The third kappa shape index (κ3) is 3.01. The minimum Gasteiger partial charge on any atom is -0.550 e. The van der Waals surface area contributed by atoms with Gasteiger partial charge in [-0.1, -0.05) is 24.3 Å². The highest BCUT2D eigenvalue weighted by molar-refractivity contribution is 6.00. The van der Waals surface area contributed by atoms with Crippen LogP contribution in [-0.2, 0) is 4.79 Å². The lowest BCUT2D eigenvalue weighted by atomic mass is 10.0. The van der Waals surface area contributed by atoms with Gasteiger partial charge in [0.2, 0.25) is 0 Å². The molecule has 2 aromatic carbocycles. The summed E-state index contributed by atoms with van der Waals surface area (Å²) < 4.78 is 0. The molecule has 5 heteroatoms. The smallest absolute Gasteiger partial charge is 0.0736 e. The van der Waals surface area contributed by atoms with Gasteiger partial charge in [-0.25, -0.2) is 0 Å². The van der Waals surface area contributed by atoms with E-state index in [-0.39, 0.29) is 18.5 Å². The quantitative estimate of drug-likeness (QED) is 0.797. The van der Waals surface area contributed by atoms with Gasteiger partial charge in [0, 0.05) is 30.2 Å². The first-order valence-corrected chi connectivity index (χ1v) is 5.76. The third-order valence-corrected chi connectivity index (χ3v) is 2.75. The van der Waals surface area contributed by atoms with Crippen LogP contribution in [0.2, 0.25) is 0 Å². The van der Waals surface area contributed by atoms with Gasteiger partial charge in [0.1, 0.15) is 0 Å². The van der Waals surface area contributed by atoms with Crippen molar-refractivity contribution >= 4 is 28.4 Å². The molecule has 0 saturated carbocycles. The van der Waals surface area contributed by atoms with Crippen molar-refractivity contribution in [1.29, 1.82) is 0 Å². The van der Waals surface area contributed by atoms with Crippen molar-refractivity contribution in [2.24, 2.45) is 0 Å². The first kappa shape index (κ1) is 12.9. The number of aromatic carboxylic acids is 1. The Labute approximate surface area is 109 Å². The van der Waals surface area contributed by atoms with Crippen LogP contribution < -0.4 is 15.5 Å². The number of aliphatic carboxylic acids is 1. The molecule has 0 aliphatic heterocycles. The van der Waals surface area contributed by atoms with E-state index in [4.69, 9.17) is 0 Å². The standard InChI is InChI=1S/C14H13NO4/c16-13(17)5-6-15-12-8-10-4-2-1-3-9(10)7-11(12)14(18)19/h1-4,7-8,15H,5-6H2,(H,16,17)(H,18,19)/p-2. The summed E-state index contributed by atoms with van der Waals surface area (Å²) in [6.07, 6.45) is -0.195. The molecule has 2 aromatic rings. The average Bonchev–Trinajstić information content (AvgIpc) is 2.37. The van der Waals surface area contributed by atoms with Crippen molar-refractivity contribution in [1.82, 2.24) is 0 Å². The van der Waals surface area contributed by atoms with E-state index in [1.54, 1.807) is 12.1 Å². The number of carboxylic acid groups (broad SMARTS) is 2. The molecule has 0 unspecified atom stereocenters. The molecular weight excluding hydrogens is 246 g/mol. The predicted octanol–water partition coefficient (Wildman–Crippen LogP) is -0.245. The van der Waals surface area contributed by atoms with Crippen LogP contribution in [0.5, 0.6) is 0 Å².